The molecule has 0 spiro atoms. The van der Waals surface area contributed by atoms with E-state index in [0.717, 1.165) is 5.56 Å². The summed E-state index contributed by atoms with van der Waals surface area (Å²) in [6.45, 7) is 0.733. The van der Waals surface area contributed by atoms with Crippen molar-refractivity contribution < 1.29 is 14.4 Å². The van der Waals surface area contributed by atoms with Crippen LogP contribution in [-0.4, -0.2) is 23.4 Å². The van der Waals surface area contributed by atoms with Gasteiger partial charge in [-0.1, -0.05) is 30.3 Å². The van der Waals surface area contributed by atoms with E-state index >= 15 is 0 Å². The number of benzene rings is 1. The smallest absolute Gasteiger partial charge is 0.258 e. The Kier molecular flexibility index (Phi) is 3.39. The monoisotopic (exact) mass is 234 g/mol. The molecule has 5 nitrogen and oxygen atoms in total. The molecule has 0 aromatic heterocycles. The SMILES string of the molecule is NC(=O)C1CCN(OCc2ccccc2)C1=O. The van der Waals surface area contributed by atoms with Gasteiger partial charge in [-0.25, -0.2) is 5.06 Å². The molecule has 0 radical (unpaired) electrons. The van der Waals surface area contributed by atoms with Gasteiger partial charge in [-0.15, -0.1) is 0 Å². The van der Waals surface area contributed by atoms with Crippen LogP contribution in [0.15, 0.2) is 30.3 Å². The highest BCUT2D eigenvalue weighted by Gasteiger charge is 2.36. The van der Waals surface area contributed by atoms with Gasteiger partial charge in [0.15, 0.2) is 0 Å². The summed E-state index contributed by atoms with van der Waals surface area (Å²) in [5.41, 5.74) is 6.09. The lowest BCUT2D eigenvalue weighted by atomic mass is 10.1. The summed E-state index contributed by atoms with van der Waals surface area (Å²) in [7, 11) is 0. The molecule has 17 heavy (non-hydrogen) atoms. The van der Waals surface area contributed by atoms with E-state index in [2.05, 4.69) is 0 Å². The van der Waals surface area contributed by atoms with Crippen molar-refractivity contribution in [2.24, 2.45) is 11.7 Å². The molecular weight excluding hydrogens is 220 g/mol. The molecule has 5 heteroatoms. The lowest BCUT2D eigenvalue weighted by Gasteiger charge is -2.15. The van der Waals surface area contributed by atoms with Gasteiger partial charge >= 0.3 is 0 Å². The minimum atomic E-state index is -0.731. The van der Waals surface area contributed by atoms with E-state index in [0.29, 0.717) is 19.6 Å². The van der Waals surface area contributed by atoms with E-state index in [-0.39, 0.29) is 5.91 Å². The Labute approximate surface area is 99.1 Å². The quantitative estimate of drug-likeness (QED) is 0.769. The first kappa shape index (κ1) is 11.6. The molecule has 1 fully saturated rings. The number of rotatable bonds is 4. The van der Waals surface area contributed by atoms with Crippen molar-refractivity contribution in [3.05, 3.63) is 35.9 Å². The van der Waals surface area contributed by atoms with Gasteiger partial charge < -0.3 is 5.73 Å². The molecule has 1 aromatic carbocycles. The Balaban J connectivity index is 1.89. The van der Waals surface area contributed by atoms with E-state index in [4.69, 9.17) is 10.6 Å². The average molecular weight is 234 g/mol. The largest absolute Gasteiger partial charge is 0.369 e. The lowest BCUT2D eigenvalue weighted by Crippen LogP contribution is -2.33. The Morgan fingerprint density at radius 2 is 2.12 bits per heavy atom. The second-order valence-corrected chi connectivity index (χ2v) is 3.94. The number of carbonyl (C=O) groups excluding carboxylic acids is 2. The third-order valence-electron chi connectivity index (χ3n) is 2.74. The summed E-state index contributed by atoms with van der Waals surface area (Å²) in [5, 5.41) is 1.22. The van der Waals surface area contributed by atoms with Crippen molar-refractivity contribution in [2.45, 2.75) is 13.0 Å². The predicted octanol–water partition coefficient (Wildman–Crippen LogP) is 0.452. The standard InChI is InChI=1S/C12H14N2O3/c13-11(15)10-6-7-14(12(10)16)17-8-9-4-2-1-3-5-9/h1-5,10H,6-8H2,(H2,13,15). The molecular formula is C12H14N2O3. The maximum Gasteiger partial charge on any atom is 0.258 e. The fourth-order valence-electron chi connectivity index (χ4n) is 1.77. The minimum Gasteiger partial charge on any atom is -0.369 e. The number of carbonyl (C=O) groups is 2. The molecule has 1 aromatic rings. The van der Waals surface area contributed by atoms with Crippen LogP contribution in [0.2, 0.25) is 0 Å². The van der Waals surface area contributed by atoms with E-state index in [1.807, 2.05) is 30.3 Å². The maximum atomic E-state index is 11.7. The van der Waals surface area contributed by atoms with Crippen molar-refractivity contribution in [1.29, 1.82) is 0 Å². The van der Waals surface area contributed by atoms with Gasteiger partial charge in [0.1, 0.15) is 12.5 Å². The topological polar surface area (TPSA) is 72.6 Å². The number of hydrogen-bond donors (Lipinski definition) is 1. The van der Waals surface area contributed by atoms with Crippen LogP contribution in [0, 0.1) is 5.92 Å². The van der Waals surface area contributed by atoms with E-state index < -0.39 is 11.8 Å². The molecule has 1 unspecified atom stereocenters. The number of nitrogens with zero attached hydrogens (tertiary/aromatic N) is 1. The maximum absolute atomic E-state index is 11.7. The van der Waals surface area contributed by atoms with Crippen LogP contribution in [0.5, 0.6) is 0 Å². The summed E-state index contributed by atoms with van der Waals surface area (Å²) >= 11 is 0. The van der Waals surface area contributed by atoms with Crippen LogP contribution in [0.4, 0.5) is 0 Å². The van der Waals surface area contributed by atoms with Crippen LogP contribution >= 0.6 is 0 Å². The number of hydrogen-bond acceptors (Lipinski definition) is 3. The van der Waals surface area contributed by atoms with Crippen LogP contribution in [0.3, 0.4) is 0 Å². The van der Waals surface area contributed by atoms with Gasteiger partial charge in [-0.2, -0.15) is 0 Å². The van der Waals surface area contributed by atoms with Crippen LogP contribution in [0.1, 0.15) is 12.0 Å². The molecule has 1 atom stereocenters. The van der Waals surface area contributed by atoms with Crippen LogP contribution in [0.25, 0.3) is 0 Å². The third kappa shape index (κ3) is 2.62. The Hall–Kier alpha value is -1.88. The highest BCUT2D eigenvalue weighted by Crippen LogP contribution is 2.18. The molecule has 0 bridgehead atoms. The predicted molar refractivity (Wildman–Crippen MR) is 60.2 cm³/mol. The number of primary amides is 1. The van der Waals surface area contributed by atoms with Crippen molar-refractivity contribution in [3.63, 3.8) is 0 Å². The summed E-state index contributed by atoms with van der Waals surface area (Å²) < 4.78 is 0. The fraction of sp³-hybridized carbons (Fsp3) is 0.333. The molecule has 1 aliphatic rings. The van der Waals surface area contributed by atoms with Crippen molar-refractivity contribution in [3.8, 4) is 0 Å². The van der Waals surface area contributed by atoms with Crippen molar-refractivity contribution in [2.75, 3.05) is 6.54 Å². The normalized spacial score (nSPS) is 19.6. The summed E-state index contributed by atoms with van der Waals surface area (Å²) in [6.07, 6.45) is 0.433. The second kappa shape index (κ2) is 4.97. The molecule has 2 amide bonds. The zero-order valence-corrected chi connectivity index (χ0v) is 9.33. The highest BCUT2D eigenvalue weighted by atomic mass is 16.7. The molecule has 90 valence electrons. The van der Waals surface area contributed by atoms with Crippen molar-refractivity contribution in [1.82, 2.24) is 5.06 Å². The van der Waals surface area contributed by atoms with Gasteiger partial charge in [-0.3, -0.25) is 14.4 Å². The van der Waals surface area contributed by atoms with E-state index in [1.54, 1.807) is 0 Å². The zero-order chi connectivity index (χ0) is 12.3. The minimum absolute atomic E-state index is 0.318. The molecule has 0 saturated carbocycles. The fourth-order valence-corrected chi connectivity index (χ4v) is 1.77. The third-order valence-corrected chi connectivity index (χ3v) is 2.74. The van der Waals surface area contributed by atoms with Gasteiger partial charge in [0.25, 0.3) is 5.91 Å². The first-order valence-corrected chi connectivity index (χ1v) is 5.46. The molecule has 2 rings (SSSR count). The van der Waals surface area contributed by atoms with Gasteiger partial charge in [0.05, 0.1) is 0 Å². The molecule has 0 aliphatic carbocycles. The highest BCUT2D eigenvalue weighted by molar-refractivity contribution is 6.00. The van der Waals surface area contributed by atoms with E-state index in [1.165, 1.54) is 5.06 Å². The molecule has 2 N–H and O–H groups in total. The summed E-state index contributed by atoms with van der Waals surface area (Å²) in [5.74, 6) is -1.65. The molecule has 1 saturated heterocycles. The van der Waals surface area contributed by atoms with Gasteiger partial charge in [-0.05, 0) is 12.0 Å². The lowest BCUT2D eigenvalue weighted by molar-refractivity contribution is -0.184. The van der Waals surface area contributed by atoms with Crippen LogP contribution < -0.4 is 5.73 Å². The molecule has 1 aliphatic heterocycles. The average Bonchev–Trinajstić information content (AvgIpc) is 2.69. The molecule has 1 heterocycles. The zero-order valence-electron chi connectivity index (χ0n) is 9.33. The van der Waals surface area contributed by atoms with Gasteiger partial charge in [0, 0.05) is 6.54 Å². The summed E-state index contributed by atoms with van der Waals surface area (Å²) in [4.78, 5) is 28.0. The number of hydroxylamine groups is 2. The Bertz CT molecular complexity index is 419. The number of amides is 2. The second-order valence-electron chi connectivity index (χ2n) is 3.94. The first-order valence-electron chi connectivity index (χ1n) is 5.46. The van der Waals surface area contributed by atoms with Crippen molar-refractivity contribution >= 4 is 11.8 Å². The van der Waals surface area contributed by atoms with Gasteiger partial charge in [0.2, 0.25) is 5.91 Å². The Morgan fingerprint density at radius 3 is 2.71 bits per heavy atom. The summed E-state index contributed by atoms with van der Waals surface area (Å²) in [6, 6.07) is 9.53. The van der Waals surface area contributed by atoms with Crippen LogP contribution in [-0.2, 0) is 21.0 Å². The first-order chi connectivity index (χ1) is 8.18. The Morgan fingerprint density at radius 1 is 1.41 bits per heavy atom. The number of nitrogens with two attached hydrogens (primary N) is 1. The van der Waals surface area contributed by atoms with E-state index in [9.17, 15) is 9.59 Å².